The van der Waals surface area contributed by atoms with Gasteiger partial charge in [-0.25, -0.2) is 60.4 Å². The van der Waals surface area contributed by atoms with Crippen molar-refractivity contribution in [2.24, 2.45) is 15.4 Å². The van der Waals surface area contributed by atoms with Crippen molar-refractivity contribution in [1.82, 2.24) is 24.9 Å². The molecule has 3 aliphatic rings. The van der Waals surface area contributed by atoms with Crippen LogP contribution in [0.15, 0.2) is 125 Å². The number of aromatic nitrogens is 5. The number of benzene rings is 3. The van der Waals surface area contributed by atoms with E-state index in [1.807, 2.05) is 72.9 Å². The molecule has 8 N–H and O–H groups in total. The maximum Gasteiger partial charge on any atom is 0.272 e. The summed E-state index contributed by atoms with van der Waals surface area (Å²) < 4.78 is 94.2. The van der Waals surface area contributed by atoms with Gasteiger partial charge in [-0.2, -0.15) is 7.74 Å². The van der Waals surface area contributed by atoms with E-state index in [0.717, 1.165) is 77.3 Å². The van der Waals surface area contributed by atoms with Gasteiger partial charge >= 0.3 is 130 Å². The van der Waals surface area contributed by atoms with Crippen LogP contribution < -0.4 is 48.5 Å². The second-order valence-corrected chi connectivity index (χ2v) is 49.0. The fraction of sp³-hybridized carbons (Fsp3) is 0.438. The standard InChI is InChI=1S/C21H22N4O4S2.C16H18BrN3O4S2.C11H11BrO3.C5H9N3O2S2.C5H4N.3C4H9.2CH4.CH3.B2H3.Sn.W/c1-13-18(31(22,27)28)30-20(24-13)25(3)19(26)21(2)10-9-15-12-14(7-8-17(15)29-21)16-6-4-5-11-23-16;1-9-13(26(18,22)23)25-15(19-9)20(3)14(21)16(2)7-6-10-8-11(17)4-5-12(10)24-16;1-11(10(13)14)5-4-7-6-8(12)2-3-9(7)15-11;1-3-4(12(6,9)10)11-5(7-2)8-3;1-2-4-6-5-3-1;3*1-3-4-2;;;;1-2;;/h4-8,11-12H,9-10H2,1-3H3,(H2,22,27,28);4-5,8H,6-7H2,1-3H3,(H2,18,22,23);2-3,6H,4-5H2,1H3,(H,13,14);1-2H3,(H,7,8)(H2,6,9,10);1-4H;3*1,3-4H2,2H3;2*1H4;1H3;1H3;;/q;;;;;;;;;;2*-1;;. The van der Waals surface area contributed by atoms with E-state index in [0.29, 0.717) is 60.2 Å². The number of nitrogens with zero attached hydrogens (tertiary/aromatic N) is 7. The zero-order valence-corrected chi connectivity index (χ0v) is 75.7. The number of hydrogen-bond donors (Lipinski definition) is 5. The van der Waals surface area contributed by atoms with Crippen molar-refractivity contribution in [3.63, 3.8) is 0 Å². The molecule has 598 valence electrons. The van der Waals surface area contributed by atoms with Crippen LogP contribution in [-0.2, 0) is 84.8 Å². The van der Waals surface area contributed by atoms with E-state index in [9.17, 15) is 39.6 Å². The summed E-state index contributed by atoms with van der Waals surface area (Å²) in [5.41, 5.74) is 2.71. The van der Waals surface area contributed by atoms with Crippen molar-refractivity contribution in [1.29, 1.82) is 0 Å². The van der Waals surface area contributed by atoms with E-state index in [1.54, 1.807) is 78.7 Å². The van der Waals surface area contributed by atoms with Crippen LogP contribution in [0.3, 0.4) is 0 Å². The van der Waals surface area contributed by atoms with E-state index in [4.69, 9.17) is 47.5 Å². The number of nitrogens with one attached hydrogen (secondary N) is 1. The third-order valence-electron chi connectivity index (χ3n) is 17.7. The number of ether oxygens (including phenoxy) is 3. The fourth-order valence-electron chi connectivity index (χ4n) is 11.9. The molecule has 0 saturated carbocycles. The van der Waals surface area contributed by atoms with Gasteiger partial charge in [0.2, 0.25) is 35.7 Å². The zero-order chi connectivity index (χ0) is 78.0. The third kappa shape index (κ3) is 26.7. The molecular weight excluding hydrogens is 1920 g/mol. The molecule has 8 aromatic rings. The Morgan fingerprint density at radius 3 is 1.29 bits per heavy atom. The van der Waals surface area contributed by atoms with Gasteiger partial charge in [0.25, 0.3) is 11.8 Å². The van der Waals surface area contributed by atoms with Gasteiger partial charge in [-0.3, -0.25) is 24.4 Å². The minimum Gasteiger partial charge on any atom is -0.477 e. The van der Waals surface area contributed by atoms with Gasteiger partial charge in [0.15, 0.2) is 39.2 Å². The first-order valence-electron chi connectivity index (χ1n) is 33.4. The van der Waals surface area contributed by atoms with Crippen molar-refractivity contribution in [3.05, 3.63) is 154 Å². The molecular formula is C73H105B2Br2N11O13S6SnW-2. The Morgan fingerprint density at radius 2 is 0.954 bits per heavy atom. The Hall–Kier alpha value is -5.23. The maximum absolute atomic E-state index is 13.3. The first-order chi connectivity index (χ1) is 49.3. The van der Waals surface area contributed by atoms with Gasteiger partial charge in [-0.1, -0.05) is 94.5 Å². The summed E-state index contributed by atoms with van der Waals surface area (Å²) in [7, 11) is -1.59. The molecule has 8 heterocycles. The van der Waals surface area contributed by atoms with Crippen LogP contribution in [0.1, 0.15) is 148 Å². The van der Waals surface area contributed by atoms with Crippen molar-refractivity contribution in [2.45, 2.75) is 197 Å². The van der Waals surface area contributed by atoms with Crippen LogP contribution in [0.4, 0.5) is 15.4 Å². The van der Waals surface area contributed by atoms with Crippen LogP contribution in [0.5, 0.6) is 17.2 Å². The SMILES string of the molecule is C.C.CC1(C(=O)O)CCc2cc(Br)ccc2O1.CCC[CH2][Sn]([CH2]CCC)([CH2]CCC)[c]1ccccn1.CNc1nc(C)c(S(N)(=O)=O)s1.Cc1nc(N(C)C(=O)C2(C)CCc3cc(-c4ccccn4)ccc3O2)sc1S(N)(=O)=O.Cc1nc(N(C)C(=O)C2(C)CCc3cc(Br)ccc3O2)sc1S(N)(=O)=O.[B][BH3-].[CH3-].[W]. The van der Waals surface area contributed by atoms with E-state index in [2.05, 4.69) is 96.1 Å². The summed E-state index contributed by atoms with van der Waals surface area (Å²) in [6.45, 7) is 16.8. The number of carboxylic acid groups (broad SMARTS) is 1. The summed E-state index contributed by atoms with van der Waals surface area (Å²) in [4.78, 5) is 61.5. The summed E-state index contributed by atoms with van der Waals surface area (Å²) in [6, 6.07) is 29.5. The number of pyridine rings is 2. The minimum absolute atomic E-state index is 0. The molecule has 24 nitrogen and oxygen atoms in total. The van der Waals surface area contributed by atoms with Gasteiger partial charge in [0, 0.05) is 82.2 Å². The average molecular weight is 2020 g/mol. The van der Waals surface area contributed by atoms with Gasteiger partial charge in [-0.05, 0) is 144 Å². The van der Waals surface area contributed by atoms with Crippen LogP contribution in [0.2, 0.25) is 13.3 Å². The van der Waals surface area contributed by atoms with E-state index in [1.165, 1.54) is 61.6 Å². The normalized spacial score (nSPS) is 16.5. The number of anilines is 3. The number of fused-ring (bicyclic) bond motifs is 3. The maximum atomic E-state index is 13.3. The molecule has 2 radical (unpaired) electrons. The molecule has 0 bridgehead atoms. The topological polar surface area (TPSA) is 363 Å². The summed E-state index contributed by atoms with van der Waals surface area (Å²) >= 11 is 7.37. The first kappa shape index (κ1) is 99.8. The van der Waals surface area contributed by atoms with E-state index >= 15 is 0 Å². The van der Waals surface area contributed by atoms with Crippen LogP contribution >= 0.6 is 65.9 Å². The third-order valence-corrected chi connectivity index (χ3v) is 42.1. The Labute approximate surface area is 695 Å². The van der Waals surface area contributed by atoms with Crippen molar-refractivity contribution in [3.8, 4) is 28.5 Å². The molecule has 2 amide bonds. The fourth-order valence-corrected chi connectivity index (χ4v) is 33.8. The molecule has 0 fully saturated rings. The number of carboxylic acids is 1. The number of nitrogens with two attached hydrogens (primary N) is 3. The Balaban J connectivity index is 0.000000472. The molecule has 3 atom stereocenters. The number of aliphatic carboxylic acids is 1. The number of hydrogen-bond acceptors (Lipinski definition) is 21. The molecule has 3 unspecified atom stereocenters. The number of carbonyl (C=O) groups is 3. The summed E-state index contributed by atoms with van der Waals surface area (Å²) in [5.74, 6) is 0.493. The number of unbranched alkanes of at least 4 members (excludes halogenated alkanes) is 3. The van der Waals surface area contributed by atoms with Gasteiger partial charge in [0.1, 0.15) is 17.2 Å². The molecule has 0 aliphatic carbocycles. The number of halogens is 2. The number of amides is 2. The molecule has 3 aromatic carbocycles. The second kappa shape index (κ2) is 43.9. The summed E-state index contributed by atoms with van der Waals surface area (Å²) in [6.07, 6.45) is 15.6. The van der Waals surface area contributed by atoms with Gasteiger partial charge < -0.3 is 32.1 Å². The molecule has 5 aromatic heterocycles. The molecule has 0 spiro atoms. The van der Waals surface area contributed by atoms with Crippen LogP contribution in [0, 0.1) is 28.2 Å². The van der Waals surface area contributed by atoms with Crippen molar-refractivity contribution < 1.29 is 80.0 Å². The Bertz CT molecular complexity index is 4660. The Morgan fingerprint density at radius 1 is 0.587 bits per heavy atom. The van der Waals surface area contributed by atoms with Gasteiger partial charge in [-0.15, -0.1) is 0 Å². The predicted octanol–water partition coefficient (Wildman–Crippen LogP) is 13.6. The minimum atomic E-state index is -3.90. The number of carbonyl (C=O) groups excluding carboxylic acids is 2. The van der Waals surface area contributed by atoms with E-state index in [-0.39, 0.29) is 97.2 Å². The number of likely N-dealkylation sites (N-methyl/N-ethyl adjacent to an activating group) is 2. The molecule has 3 aliphatic heterocycles. The van der Waals surface area contributed by atoms with E-state index < -0.39 is 71.2 Å². The molecule has 11 rings (SSSR count). The number of primary sulfonamides is 3. The van der Waals surface area contributed by atoms with Crippen molar-refractivity contribution in [2.75, 3.05) is 36.3 Å². The van der Waals surface area contributed by atoms with Crippen LogP contribution in [-0.4, -0.2) is 145 Å². The second-order valence-electron chi connectivity index (χ2n) is 25.9. The summed E-state index contributed by atoms with van der Waals surface area (Å²) in [5, 5.41) is 28.2. The number of rotatable bonds is 20. The van der Waals surface area contributed by atoms with Crippen molar-refractivity contribution >= 4 is 167 Å². The predicted molar refractivity (Wildman–Crippen MR) is 453 cm³/mol. The number of aryl methyl sites for hydroxylation is 6. The number of thiazole rings is 3. The number of sulfonamides is 3. The molecule has 36 heteroatoms. The Kier molecular flexibility index (Phi) is 40.2. The smallest absolute Gasteiger partial charge is 0.272 e. The molecule has 109 heavy (non-hydrogen) atoms. The quantitative estimate of drug-likeness (QED) is 0.0349. The largest absolute Gasteiger partial charge is 0.477 e. The monoisotopic (exact) mass is 2020 g/mol. The molecule has 0 saturated heterocycles. The average Bonchev–Trinajstić information content (AvgIpc) is 1.75. The zero-order valence-electron chi connectivity index (χ0n) is 61.8. The van der Waals surface area contributed by atoms with Crippen LogP contribution in [0.25, 0.3) is 11.3 Å². The first-order valence-corrected chi connectivity index (χ1v) is 49.6. The van der Waals surface area contributed by atoms with Gasteiger partial charge in [0.05, 0.1) is 22.8 Å².